The van der Waals surface area contributed by atoms with Crippen LogP contribution < -0.4 is 10.9 Å². The van der Waals surface area contributed by atoms with Gasteiger partial charge in [0.1, 0.15) is 5.82 Å². The van der Waals surface area contributed by atoms with Gasteiger partial charge >= 0.3 is 0 Å². The number of nitrogens with zero attached hydrogens (tertiary/aromatic N) is 3. The normalized spacial score (nSPS) is 10.9. The minimum Gasteiger partial charge on any atom is -0.326 e. The molecule has 0 unspecified atom stereocenters. The van der Waals surface area contributed by atoms with E-state index in [9.17, 15) is 14.0 Å². The van der Waals surface area contributed by atoms with Crippen LogP contribution in [0.3, 0.4) is 0 Å². The Morgan fingerprint density at radius 1 is 1.43 bits per heavy atom. The van der Waals surface area contributed by atoms with Crippen LogP contribution in [0.5, 0.6) is 0 Å². The second-order valence-corrected chi connectivity index (χ2v) is 5.75. The fourth-order valence-corrected chi connectivity index (χ4v) is 2.92. The highest BCUT2D eigenvalue weighted by molar-refractivity contribution is 7.12. The number of aryl methyl sites for hydroxylation is 2. The molecule has 0 bridgehead atoms. The average molecular weight is 332 g/mol. The van der Waals surface area contributed by atoms with Crippen molar-refractivity contribution in [1.82, 2.24) is 13.9 Å². The SMILES string of the molecule is Cc1nsc2ncn(CCC(=O)Nc3cccc(F)c3)c(=O)c12. The molecule has 3 aromatic rings. The second-order valence-electron chi connectivity index (χ2n) is 5.00. The van der Waals surface area contributed by atoms with Crippen molar-refractivity contribution in [3.63, 3.8) is 0 Å². The highest BCUT2D eigenvalue weighted by atomic mass is 32.1. The number of hydrogen-bond acceptors (Lipinski definition) is 5. The summed E-state index contributed by atoms with van der Waals surface area (Å²) in [6.45, 7) is 1.95. The number of rotatable bonds is 4. The Labute approximate surface area is 134 Å². The number of halogens is 1. The van der Waals surface area contributed by atoms with Crippen molar-refractivity contribution >= 4 is 33.3 Å². The molecule has 0 aliphatic rings. The third-order valence-corrected chi connectivity index (χ3v) is 4.17. The van der Waals surface area contributed by atoms with E-state index in [0.29, 0.717) is 21.6 Å². The van der Waals surface area contributed by atoms with Gasteiger partial charge in [-0.2, -0.15) is 4.37 Å². The zero-order valence-electron chi connectivity index (χ0n) is 12.2. The molecule has 23 heavy (non-hydrogen) atoms. The van der Waals surface area contributed by atoms with Crippen molar-refractivity contribution in [2.24, 2.45) is 0 Å². The Balaban J connectivity index is 1.71. The number of aromatic nitrogens is 3. The summed E-state index contributed by atoms with van der Waals surface area (Å²) >= 11 is 1.18. The number of carbonyl (C=O) groups is 1. The van der Waals surface area contributed by atoms with Crippen LogP contribution in [0.25, 0.3) is 10.2 Å². The molecule has 118 valence electrons. The van der Waals surface area contributed by atoms with Gasteiger partial charge in [-0.05, 0) is 36.7 Å². The van der Waals surface area contributed by atoms with Gasteiger partial charge in [0.2, 0.25) is 5.91 Å². The molecule has 2 heterocycles. The number of fused-ring (bicyclic) bond motifs is 1. The summed E-state index contributed by atoms with van der Waals surface area (Å²) in [5.41, 5.74) is 0.815. The Morgan fingerprint density at radius 3 is 3.04 bits per heavy atom. The molecule has 6 nitrogen and oxygen atoms in total. The molecule has 0 radical (unpaired) electrons. The van der Waals surface area contributed by atoms with Crippen molar-refractivity contribution in [1.29, 1.82) is 0 Å². The van der Waals surface area contributed by atoms with Gasteiger partial charge in [0, 0.05) is 18.7 Å². The van der Waals surface area contributed by atoms with Crippen LogP contribution in [0, 0.1) is 12.7 Å². The van der Waals surface area contributed by atoms with Gasteiger partial charge in [-0.15, -0.1) is 0 Å². The molecule has 0 spiro atoms. The van der Waals surface area contributed by atoms with Crippen LogP contribution in [0.15, 0.2) is 35.4 Å². The molecule has 0 saturated carbocycles. The van der Waals surface area contributed by atoms with Crippen molar-refractivity contribution in [2.75, 3.05) is 5.32 Å². The Bertz CT molecular complexity index is 935. The predicted molar refractivity (Wildman–Crippen MR) is 86.1 cm³/mol. The van der Waals surface area contributed by atoms with Crippen LogP contribution in [0.1, 0.15) is 12.1 Å². The number of anilines is 1. The van der Waals surface area contributed by atoms with Crippen LogP contribution in [0.4, 0.5) is 10.1 Å². The monoisotopic (exact) mass is 332 g/mol. The first-order chi connectivity index (χ1) is 11.0. The van der Waals surface area contributed by atoms with Crippen molar-refractivity contribution in [2.45, 2.75) is 19.9 Å². The number of benzene rings is 1. The van der Waals surface area contributed by atoms with Crippen LogP contribution in [0.2, 0.25) is 0 Å². The molecule has 1 amide bonds. The Hall–Kier alpha value is -2.61. The van der Waals surface area contributed by atoms with E-state index in [4.69, 9.17) is 0 Å². The van der Waals surface area contributed by atoms with Gasteiger partial charge < -0.3 is 5.32 Å². The molecule has 1 N–H and O–H groups in total. The van der Waals surface area contributed by atoms with E-state index in [1.54, 1.807) is 13.0 Å². The summed E-state index contributed by atoms with van der Waals surface area (Å²) in [6, 6.07) is 5.65. The first-order valence-electron chi connectivity index (χ1n) is 6.91. The fraction of sp³-hybridized carbons (Fsp3) is 0.200. The van der Waals surface area contributed by atoms with E-state index in [-0.39, 0.29) is 24.4 Å². The van der Waals surface area contributed by atoms with Gasteiger partial charge in [0.15, 0.2) is 4.83 Å². The lowest BCUT2D eigenvalue weighted by atomic mass is 10.3. The molecular weight excluding hydrogens is 319 g/mol. The first-order valence-corrected chi connectivity index (χ1v) is 7.69. The molecule has 8 heteroatoms. The zero-order chi connectivity index (χ0) is 16.4. The Kier molecular flexibility index (Phi) is 4.16. The van der Waals surface area contributed by atoms with Gasteiger partial charge in [-0.1, -0.05) is 6.07 Å². The molecule has 2 aromatic heterocycles. The minimum absolute atomic E-state index is 0.0836. The molecule has 1 aromatic carbocycles. The van der Waals surface area contributed by atoms with Crippen molar-refractivity contribution < 1.29 is 9.18 Å². The summed E-state index contributed by atoms with van der Waals surface area (Å²) in [5, 5.41) is 3.08. The number of hydrogen-bond donors (Lipinski definition) is 1. The van der Waals surface area contributed by atoms with Gasteiger partial charge in [-0.25, -0.2) is 9.37 Å². The summed E-state index contributed by atoms with van der Waals surface area (Å²) in [7, 11) is 0. The maximum absolute atomic E-state index is 13.1. The van der Waals surface area contributed by atoms with E-state index in [1.165, 1.54) is 40.6 Å². The van der Waals surface area contributed by atoms with E-state index in [2.05, 4.69) is 14.7 Å². The highest BCUT2D eigenvalue weighted by Crippen LogP contribution is 2.15. The molecule has 3 rings (SSSR count). The third kappa shape index (κ3) is 3.26. The lowest BCUT2D eigenvalue weighted by molar-refractivity contribution is -0.116. The topological polar surface area (TPSA) is 76.9 Å². The number of nitrogens with one attached hydrogen (secondary N) is 1. The smallest absolute Gasteiger partial charge is 0.263 e. The fourth-order valence-electron chi connectivity index (χ4n) is 2.18. The van der Waals surface area contributed by atoms with Crippen LogP contribution in [-0.2, 0) is 11.3 Å². The van der Waals surface area contributed by atoms with Crippen LogP contribution >= 0.6 is 11.5 Å². The van der Waals surface area contributed by atoms with Crippen molar-refractivity contribution in [3.8, 4) is 0 Å². The van der Waals surface area contributed by atoms with E-state index < -0.39 is 5.82 Å². The van der Waals surface area contributed by atoms with E-state index in [1.807, 2.05) is 0 Å². The summed E-state index contributed by atoms with van der Waals surface area (Å²) < 4.78 is 18.6. The predicted octanol–water partition coefficient (Wildman–Crippen LogP) is 2.33. The zero-order valence-corrected chi connectivity index (χ0v) is 13.1. The van der Waals surface area contributed by atoms with Gasteiger partial charge in [0.05, 0.1) is 17.4 Å². The minimum atomic E-state index is -0.422. The van der Waals surface area contributed by atoms with E-state index >= 15 is 0 Å². The van der Waals surface area contributed by atoms with Crippen molar-refractivity contribution in [3.05, 3.63) is 52.5 Å². The lowest BCUT2D eigenvalue weighted by Crippen LogP contribution is -2.23. The average Bonchev–Trinajstić information content (AvgIpc) is 2.89. The largest absolute Gasteiger partial charge is 0.326 e. The molecule has 0 aliphatic carbocycles. The van der Waals surface area contributed by atoms with Gasteiger partial charge in [0.25, 0.3) is 5.56 Å². The first kappa shape index (κ1) is 15.3. The quantitative estimate of drug-likeness (QED) is 0.795. The number of amides is 1. The molecule has 0 fully saturated rings. The van der Waals surface area contributed by atoms with E-state index in [0.717, 1.165) is 0 Å². The standard InChI is InChI=1S/C15H13FN4O2S/c1-9-13-14(23-19-9)17-8-20(15(13)22)6-5-12(21)18-11-4-2-3-10(16)7-11/h2-4,7-8H,5-6H2,1H3,(H,18,21). The molecule has 0 atom stereocenters. The maximum atomic E-state index is 13.1. The molecular formula is C15H13FN4O2S. The third-order valence-electron chi connectivity index (χ3n) is 3.32. The molecule has 0 saturated heterocycles. The van der Waals surface area contributed by atoms with Crippen LogP contribution in [-0.4, -0.2) is 19.8 Å². The highest BCUT2D eigenvalue weighted by Gasteiger charge is 2.11. The molecule has 0 aliphatic heterocycles. The summed E-state index contributed by atoms with van der Waals surface area (Å²) in [5.74, 6) is -0.725. The Morgan fingerprint density at radius 2 is 2.26 bits per heavy atom. The maximum Gasteiger partial charge on any atom is 0.263 e. The summed E-state index contributed by atoms with van der Waals surface area (Å²) in [6.07, 6.45) is 1.50. The second kappa shape index (κ2) is 6.25. The van der Waals surface area contributed by atoms with Gasteiger partial charge in [-0.3, -0.25) is 14.2 Å². The summed E-state index contributed by atoms with van der Waals surface area (Å²) in [4.78, 5) is 29.0. The number of carbonyl (C=O) groups excluding carboxylic acids is 1. The lowest BCUT2D eigenvalue weighted by Gasteiger charge is -2.07.